The summed E-state index contributed by atoms with van der Waals surface area (Å²) in [5, 5.41) is 10.2. The minimum Gasteiger partial charge on any atom is -0.399 e. The molecule has 0 unspecified atom stereocenters. The number of benzene rings is 2. The molecule has 2 aromatic carbocycles. The zero-order valence-electron chi connectivity index (χ0n) is 12.0. The first-order valence-corrected chi connectivity index (χ1v) is 8.29. The summed E-state index contributed by atoms with van der Waals surface area (Å²) in [6.45, 7) is 0. The molecule has 3 aromatic rings. The molecule has 0 saturated heterocycles. The van der Waals surface area contributed by atoms with Gasteiger partial charge in [-0.25, -0.2) is 8.42 Å². The van der Waals surface area contributed by atoms with E-state index in [2.05, 4.69) is 4.98 Å². The highest BCUT2D eigenvalue weighted by Gasteiger charge is 2.21. The highest BCUT2D eigenvalue weighted by atomic mass is 32.2. The van der Waals surface area contributed by atoms with Crippen molar-refractivity contribution in [3.8, 4) is 6.07 Å². The lowest BCUT2D eigenvalue weighted by molar-refractivity contribution is 0.603. The van der Waals surface area contributed by atoms with Crippen molar-refractivity contribution in [3.63, 3.8) is 0 Å². The van der Waals surface area contributed by atoms with Gasteiger partial charge in [-0.05, 0) is 36.4 Å². The van der Waals surface area contributed by atoms with E-state index in [1.165, 1.54) is 30.3 Å². The third kappa shape index (κ3) is 2.70. The lowest BCUT2D eigenvalue weighted by Crippen LogP contribution is -2.03. The van der Waals surface area contributed by atoms with Crippen LogP contribution >= 0.6 is 0 Å². The number of nitrogen functional groups attached to an aromatic ring is 1. The Bertz CT molecular complexity index is 1040. The minimum absolute atomic E-state index is 0.0411. The van der Waals surface area contributed by atoms with E-state index in [1.54, 1.807) is 12.3 Å². The number of sulfone groups is 1. The monoisotopic (exact) mass is 323 g/mol. The lowest BCUT2D eigenvalue weighted by atomic mass is 10.1. The van der Waals surface area contributed by atoms with Gasteiger partial charge in [0.15, 0.2) is 0 Å². The van der Waals surface area contributed by atoms with E-state index < -0.39 is 9.84 Å². The van der Waals surface area contributed by atoms with Crippen LogP contribution in [0.5, 0.6) is 0 Å². The number of aromatic nitrogens is 1. The number of aromatic amines is 1. The summed E-state index contributed by atoms with van der Waals surface area (Å²) in [4.78, 5) is 2.78. The van der Waals surface area contributed by atoms with Gasteiger partial charge in [-0.2, -0.15) is 5.26 Å². The third-order valence-electron chi connectivity index (χ3n) is 3.50. The van der Waals surface area contributed by atoms with Crippen LogP contribution in [0.15, 0.2) is 64.5 Å². The second-order valence-electron chi connectivity index (χ2n) is 4.98. The van der Waals surface area contributed by atoms with Crippen LogP contribution in [0.4, 0.5) is 5.69 Å². The van der Waals surface area contributed by atoms with Gasteiger partial charge in [0.05, 0.1) is 4.90 Å². The fourth-order valence-corrected chi connectivity index (χ4v) is 3.45. The summed E-state index contributed by atoms with van der Waals surface area (Å²) in [5.74, 6) is 0. The third-order valence-corrected chi connectivity index (χ3v) is 5.18. The molecule has 0 aliphatic carbocycles. The molecule has 114 valence electrons. The van der Waals surface area contributed by atoms with Crippen molar-refractivity contribution in [2.75, 3.05) is 5.73 Å². The number of fused-ring (bicyclic) bond motifs is 1. The van der Waals surface area contributed by atoms with Crippen LogP contribution in [0.3, 0.4) is 0 Å². The predicted octanol–water partition coefficient (Wildman–Crippen LogP) is 3.09. The first kappa shape index (κ1) is 14.9. The van der Waals surface area contributed by atoms with E-state index in [0.717, 1.165) is 10.9 Å². The normalized spacial score (nSPS) is 12.2. The zero-order chi connectivity index (χ0) is 16.4. The Morgan fingerprint density at radius 3 is 2.52 bits per heavy atom. The maximum absolute atomic E-state index is 12.6. The average molecular weight is 323 g/mol. The summed E-state index contributed by atoms with van der Waals surface area (Å²) in [7, 11) is -3.88. The number of H-pyrrole nitrogens is 1. The molecule has 0 spiro atoms. The molecular weight excluding hydrogens is 310 g/mol. The van der Waals surface area contributed by atoms with Gasteiger partial charge < -0.3 is 10.7 Å². The second kappa shape index (κ2) is 5.63. The van der Waals surface area contributed by atoms with Gasteiger partial charge in [-0.3, -0.25) is 0 Å². The van der Waals surface area contributed by atoms with Gasteiger partial charge in [0.1, 0.15) is 11.0 Å². The zero-order valence-corrected chi connectivity index (χ0v) is 12.8. The maximum atomic E-state index is 12.6. The standard InChI is InChI=1S/C17H13N3O2S/c18-10-15(23(21,22)14-7-5-13(19)6-8-14)9-12-11-20-17-4-2-1-3-16(12)17/h1-9,11,20H,19H2/b15-9+. The molecule has 0 saturated carbocycles. The molecule has 23 heavy (non-hydrogen) atoms. The molecule has 0 amide bonds. The van der Waals surface area contributed by atoms with Crippen LogP contribution in [-0.4, -0.2) is 13.4 Å². The Balaban J connectivity index is 2.12. The van der Waals surface area contributed by atoms with E-state index in [1.807, 2.05) is 24.3 Å². The first-order chi connectivity index (χ1) is 11.0. The Hall–Kier alpha value is -3.04. The number of nitriles is 1. The number of rotatable bonds is 3. The van der Waals surface area contributed by atoms with Crippen LogP contribution in [0.2, 0.25) is 0 Å². The Kier molecular flexibility index (Phi) is 3.64. The molecule has 3 rings (SSSR count). The molecule has 5 nitrogen and oxygen atoms in total. The van der Waals surface area contributed by atoms with E-state index in [-0.39, 0.29) is 9.80 Å². The lowest BCUT2D eigenvalue weighted by Gasteiger charge is -2.03. The average Bonchev–Trinajstić information content (AvgIpc) is 2.96. The molecular formula is C17H13N3O2S. The van der Waals surface area contributed by atoms with Gasteiger partial charge >= 0.3 is 0 Å². The number of nitrogens with two attached hydrogens (primary N) is 1. The fourth-order valence-electron chi connectivity index (χ4n) is 2.30. The van der Waals surface area contributed by atoms with Crippen molar-refractivity contribution in [1.29, 1.82) is 5.26 Å². The predicted molar refractivity (Wildman–Crippen MR) is 89.9 cm³/mol. The molecule has 0 aliphatic heterocycles. The largest absolute Gasteiger partial charge is 0.399 e. The Labute approximate surface area is 133 Å². The Morgan fingerprint density at radius 1 is 1.13 bits per heavy atom. The van der Waals surface area contributed by atoms with Crippen LogP contribution in [0.25, 0.3) is 17.0 Å². The number of nitrogens with zero attached hydrogens (tertiary/aromatic N) is 1. The molecule has 0 bridgehead atoms. The number of nitrogens with one attached hydrogen (secondary N) is 1. The van der Waals surface area contributed by atoms with E-state index in [9.17, 15) is 13.7 Å². The molecule has 1 heterocycles. The number of anilines is 1. The van der Waals surface area contributed by atoms with Crippen molar-refractivity contribution in [2.45, 2.75) is 4.90 Å². The van der Waals surface area contributed by atoms with E-state index >= 15 is 0 Å². The van der Waals surface area contributed by atoms with Crippen molar-refractivity contribution in [1.82, 2.24) is 4.98 Å². The Morgan fingerprint density at radius 2 is 1.83 bits per heavy atom. The van der Waals surface area contributed by atoms with Crippen molar-refractivity contribution in [2.24, 2.45) is 0 Å². The van der Waals surface area contributed by atoms with Gasteiger partial charge in [-0.15, -0.1) is 0 Å². The van der Waals surface area contributed by atoms with Crippen molar-refractivity contribution < 1.29 is 8.42 Å². The van der Waals surface area contributed by atoms with Gasteiger partial charge in [0.25, 0.3) is 0 Å². The SMILES string of the molecule is N#C/C(=C\c1c[nH]c2ccccc12)S(=O)(=O)c1ccc(N)cc1. The molecule has 0 fully saturated rings. The molecule has 6 heteroatoms. The van der Waals surface area contributed by atoms with Crippen LogP contribution in [0.1, 0.15) is 5.56 Å². The molecule has 0 aliphatic rings. The minimum atomic E-state index is -3.88. The van der Waals surface area contributed by atoms with Crippen molar-refractivity contribution in [3.05, 3.63) is 65.2 Å². The smallest absolute Gasteiger partial charge is 0.216 e. The number of allylic oxidation sites excluding steroid dienone is 1. The first-order valence-electron chi connectivity index (χ1n) is 6.81. The van der Waals surface area contributed by atoms with Gasteiger partial charge in [-0.1, -0.05) is 18.2 Å². The summed E-state index contributed by atoms with van der Waals surface area (Å²) in [5.41, 5.74) is 7.56. The quantitative estimate of drug-likeness (QED) is 0.571. The summed E-state index contributed by atoms with van der Waals surface area (Å²) in [6, 6.07) is 15.0. The number of hydrogen-bond donors (Lipinski definition) is 2. The fraction of sp³-hybridized carbons (Fsp3) is 0. The molecule has 0 atom stereocenters. The van der Waals surface area contributed by atoms with Crippen LogP contribution < -0.4 is 5.73 Å². The van der Waals surface area contributed by atoms with E-state index in [4.69, 9.17) is 5.73 Å². The topological polar surface area (TPSA) is 99.7 Å². The molecule has 0 radical (unpaired) electrons. The van der Waals surface area contributed by atoms with Crippen molar-refractivity contribution >= 4 is 32.5 Å². The molecule has 3 N–H and O–H groups in total. The summed E-state index contributed by atoms with van der Waals surface area (Å²) < 4.78 is 25.2. The van der Waals surface area contributed by atoms with Gasteiger partial charge in [0, 0.05) is 28.4 Å². The maximum Gasteiger partial charge on any atom is 0.216 e. The number of para-hydroxylation sites is 1. The van der Waals surface area contributed by atoms with E-state index in [0.29, 0.717) is 11.3 Å². The summed E-state index contributed by atoms with van der Waals surface area (Å²) in [6.07, 6.45) is 3.06. The van der Waals surface area contributed by atoms with Gasteiger partial charge in [0.2, 0.25) is 9.84 Å². The van der Waals surface area contributed by atoms with Crippen LogP contribution in [0, 0.1) is 11.3 Å². The second-order valence-corrected chi connectivity index (χ2v) is 6.90. The number of hydrogen-bond acceptors (Lipinski definition) is 4. The highest BCUT2D eigenvalue weighted by molar-refractivity contribution is 7.95. The highest BCUT2D eigenvalue weighted by Crippen LogP contribution is 2.25. The van der Waals surface area contributed by atoms with Crippen LogP contribution in [-0.2, 0) is 9.84 Å². The molecule has 1 aromatic heterocycles. The summed E-state index contributed by atoms with van der Waals surface area (Å²) >= 11 is 0.